The van der Waals surface area contributed by atoms with Gasteiger partial charge in [0, 0.05) is 12.0 Å². The van der Waals surface area contributed by atoms with E-state index in [9.17, 15) is 4.79 Å². The van der Waals surface area contributed by atoms with Crippen LogP contribution in [0.4, 0.5) is 5.95 Å². The Morgan fingerprint density at radius 1 is 1.19 bits per heavy atom. The summed E-state index contributed by atoms with van der Waals surface area (Å²) in [5.41, 5.74) is 8.52. The summed E-state index contributed by atoms with van der Waals surface area (Å²) in [6.45, 7) is 0. The molecule has 3 aromatic rings. The summed E-state index contributed by atoms with van der Waals surface area (Å²) in [6, 6.07) is 15.6. The molecule has 1 aliphatic carbocycles. The zero-order valence-electron chi connectivity index (χ0n) is 14.7. The molecule has 0 bridgehead atoms. The molecular weight excluding hydrogens is 328 g/mol. The van der Waals surface area contributed by atoms with Crippen molar-refractivity contribution in [3.05, 3.63) is 48.5 Å². The van der Waals surface area contributed by atoms with Crippen LogP contribution in [0.2, 0.25) is 0 Å². The van der Waals surface area contributed by atoms with Gasteiger partial charge in [0.15, 0.2) is 0 Å². The van der Waals surface area contributed by atoms with Gasteiger partial charge in [-0.2, -0.15) is 0 Å². The van der Waals surface area contributed by atoms with E-state index in [0.29, 0.717) is 11.7 Å². The van der Waals surface area contributed by atoms with Crippen molar-refractivity contribution in [3.63, 3.8) is 0 Å². The lowest BCUT2D eigenvalue weighted by molar-refractivity contribution is -0.119. The van der Waals surface area contributed by atoms with Crippen molar-refractivity contribution in [1.82, 2.24) is 9.55 Å². The number of carbonyl (C=O) groups excluding carboxylic acids is 1. The predicted octanol–water partition coefficient (Wildman–Crippen LogP) is 3.10. The second-order valence-electron chi connectivity index (χ2n) is 6.69. The maximum absolute atomic E-state index is 12.7. The molecule has 0 spiro atoms. The number of amides is 1. The van der Waals surface area contributed by atoms with E-state index in [1.807, 2.05) is 53.1 Å². The number of nitrogens with zero attached hydrogens (tertiary/aromatic N) is 2. The SMILES string of the molecule is COc1ccccc1-n1c(NC(=O)C2CCC(N)C2)nc2ccccc21. The lowest BCUT2D eigenvalue weighted by atomic mass is 10.1. The Morgan fingerprint density at radius 3 is 2.73 bits per heavy atom. The van der Waals surface area contributed by atoms with Gasteiger partial charge >= 0.3 is 0 Å². The molecule has 1 saturated carbocycles. The molecule has 6 heteroatoms. The monoisotopic (exact) mass is 350 g/mol. The van der Waals surface area contributed by atoms with Crippen LogP contribution < -0.4 is 15.8 Å². The molecule has 4 rings (SSSR count). The summed E-state index contributed by atoms with van der Waals surface area (Å²) in [6.07, 6.45) is 2.43. The smallest absolute Gasteiger partial charge is 0.229 e. The summed E-state index contributed by atoms with van der Waals surface area (Å²) in [4.78, 5) is 17.4. The van der Waals surface area contributed by atoms with Gasteiger partial charge in [0.1, 0.15) is 5.75 Å². The summed E-state index contributed by atoms with van der Waals surface area (Å²) in [7, 11) is 1.64. The number of ether oxygens (including phenoxy) is 1. The first-order chi connectivity index (χ1) is 12.7. The summed E-state index contributed by atoms with van der Waals surface area (Å²) in [5, 5.41) is 3.01. The van der Waals surface area contributed by atoms with E-state index < -0.39 is 0 Å². The molecule has 134 valence electrons. The maximum atomic E-state index is 12.7. The zero-order valence-corrected chi connectivity index (χ0v) is 14.7. The number of carbonyl (C=O) groups is 1. The quantitative estimate of drug-likeness (QED) is 0.757. The Balaban J connectivity index is 1.78. The summed E-state index contributed by atoms with van der Waals surface area (Å²) < 4.78 is 7.45. The topological polar surface area (TPSA) is 82.2 Å². The largest absolute Gasteiger partial charge is 0.495 e. The van der Waals surface area contributed by atoms with Crippen molar-refractivity contribution in [2.24, 2.45) is 11.7 Å². The standard InChI is InChI=1S/C20H22N4O2/c1-26-18-9-5-4-8-17(18)24-16-7-3-2-6-15(16)22-20(24)23-19(25)13-10-11-14(21)12-13/h2-9,13-14H,10-12,21H2,1H3,(H,22,23,25). The highest BCUT2D eigenvalue weighted by Gasteiger charge is 2.29. The molecule has 1 heterocycles. The van der Waals surface area contributed by atoms with Gasteiger partial charge < -0.3 is 10.5 Å². The fraction of sp³-hybridized carbons (Fsp3) is 0.300. The molecule has 1 aromatic heterocycles. The predicted molar refractivity (Wildman–Crippen MR) is 102 cm³/mol. The van der Waals surface area contributed by atoms with Gasteiger partial charge in [-0.1, -0.05) is 24.3 Å². The highest BCUT2D eigenvalue weighted by Crippen LogP contribution is 2.31. The Kier molecular flexibility index (Phi) is 4.34. The van der Waals surface area contributed by atoms with E-state index in [4.69, 9.17) is 10.5 Å². The first-order valence-electron chi connectivity index (χ1n) is 8.84. The fourth-order valence-electron chi connectivity index (χ4n) is 3.63. The molecule has 3 N–H and O–H groups in total. The van der Waals surface area contributed by atoms with Crippen molar-refractivity contribution >= 4 is 22.9 Å². The number of methoxy groups -OCH3 is 1. The molecule has 0 radical (unpaired) electrons. The van der Waals surface area contributed by atoms with Crippen LogP contribution in [-0.4, -0.2) is 28.6 Å². The van der Waals surface area contributed by atoms with Crippen LogP contribution in [0.1, 0.15) is 19.3 Å². The number of rotatable bonds is 4. The van der Waals surface area contributed by atoms with Gasteiger partial charge in [0.25, 0.3) is 0 Å². The zero-order chi connectivity index (χ0) is 18.1. The normalized spacial score (nSPS) is 19.6. The molecule has 2 atom stereocenters. The van der Waals surface area contributed by atoms with E-state index in [1.54, 1.807) is 7.11 Å². The van der Waals surface area contributed by atoms with E-state index >= 15 is 0 Å². The molecule has 26 heavy (non-hydrogen) atoms. The van der Waals surface area contributed by atoms with Crippen LogP contribution in [0.3, 0.4) is 0 Å². The van der Waals surface area contributed by atoms with Crippen molar-refractivity contribution in [2.75, 3.05) is 12.4 Å². The number of fused-ring (bicyclic) bond motifs is 1. The van der Waals surface area contributed by atoms with Crippen LogP contribution in [0.25, 0.3) is 16.7 Å². The van der Waals surface area contributed by atoms with Gasteiger partial charge in [-0.05, 0) is 43.5 Å². The number of nitrogens with one attached hydrogen (secondary N) is 1. The highest BCUT2D eigenvalue weighted by molar-refractivity contribution is 5.94. The minimum Gasteiger partial charge on any atom is -0.495 e. The van der Waals surface area contributed by atoms with Crippen LogP contribution in [-0.2, 0) is 4.79 Å². The number of para-hydroxylation sites is 4. The highest BCUT2D eigenvalue weighted by atomic mass is 16.5. The van der Waals surface area contributed by atoms with E-state index in [0.717, 1.165) is 36.0 Å². The molecule has 0 saturated heterocycles. The van der Waals surface area contributed by atoms with Crippen molar-refractivity contribution in [1.29, 1.82) is 0 Å². The second kappa shape index (κ2) is 6.80. The van der Waals surface area contributed by atoms with Gasteiger partial charge in [-0.3, -0.25) is 14.7 Å². The number of hydrogen-bond acceptors (Lipinski definition) is 4. The summed E-state index contributed by atoms with van der Waals surface area (Å²) >= 11 is 0. The summed E-state index contributed by atoms with van der Waals surface area (Å²) in [5.74, 6) is 1.13. The third-order valence-electron chi connectivity index (χ3n) is 4.97. The van der Waals surface area contributed by atoms with Crippen LogP contribution in [0, 0.1) is 5.92 Å². The first-order valence-corrected chi connectivity index (χ1v) is 8.84. The van der Waals surface area contributed by atoms with Crippen LogP contribution in [0.15, 0.2) is 48.5 Å². The van der Waals surface area contributed by atoms with Gasteiger partial charge in [-0.15, -0.1) is 0 Å². The average molecular weight is 350 g/mol. The second-order valence-corrected chi connectivity index (χ2v) is 6.69. The van der Waals surface area contributed by atoms with Crippen molar-refractivity contribution in [3.8, 4) is 11.4 Å². The van der Waals surface area contributed by atoms with Gasteiger partial charge in [0.2, 0.25) is 11.9 Å². The number of hydrogen-bond donors (Lipinski definition) is 2. The third-order valence-corrected chi connectivity index (χ3v) is 4.97. The number of imidazole rings is 1. The molecule has 1 aliphatic rings. The maximum Gasteiger partial charge on any atom is 0.229 e. The first kappa shape index (κ1) is 16.6. The molecule has 0 aliphatic heterocycles. The van der Waals surface area contributed by atoms with Gasteiger partial charge in [0.05, 0.1) is 23.8 Å². The van der Waals surface area contributed by atoms with Crippen LogP contribution in [0.5, 0.6) is 5.75 Å². The minimum atomic E-state index is -0.0593. The number of anilines is 1. The lowest BCUT2D eigenvalue weighted by Gasteiger charge is -2.15. The Hall–Kier alpha value is -2.86. The van der Waals surface area contributed by atoms with E-state index in [2.05, 4.69) is 10.3 Å². The lowest BCUT2D eigenvalue weighted by Crippen LogP contribution is -2.24. The number of nitrogens with two attached hydrogens (primary N) is 1. The van der Waals surface area contributed by atoms with Crippen LogP contribution >= 0.6 is 0 Å². The molecule has 2 unspecified atom stereocenters. The third kappa shape index (κ3) is 2.93. The molecule has 1 fully saturated rings. The number of aromatic nitrogens is 2. The molecular formula is C20H22N4O2. The average Bonchev–Trinajstić information content (AvgIpc) is 3.25. The van der Waals surface area contributed by atoms with E-state index in [-0.39, 0.29) is 17.9 Å². The van der Waals surface area contributed by atoms with E-state index in [1.165, 1.54) is 0 Å². The Bertz CT molecular complexity index is 950. The molecule has 2 aromatic carbocycles. The molecule has 1 amide bonds. The number of benzene rings is 2. The minimum absolute atomic E-state index is 0.0237. The Morgan fingerprint density at radius 2 is 1.96 bits per heavy atom. The van der Waals surface area contributed by atoms with Crippen molar-refractivity contribution < 1.29 is 9.53 Å². The Labute approximate surface area is 152 Å². The van der Waals surface area contributed by atoms with Crippen molar-refractivity contribution in [2.45, 2.75) is 25.3 Å². The fourth-order valence-corrected chi connectivity index (χ4v) is 3.63. The molecule has 6 nitrogen and oxygen atoms in total. The van der Waals surface area contributed by atoms with Gasteiger partial charge in [-0.25, -0.2) is 4.98 Å².